The molecule has 0 aliphatic heterocycles. The van der Waals surface area contributed by atoms with E-state index in [2.05, 4.69) is 9.84 Å². The lowest BCUT2D eigenvalue weighted by Gasteiger charge is -2.04. The highest BCUT2D eigenvalue weighted by molar-refractivity contribution is 5.68. The third-order valence-electron chi connectivity index (χ3n) is 1.31. The van der Waals surface area contributed by atoms with E-state index in [1.807, 2.05) is 0 Å². The van der Waals surface area contributed by atoms with Crippen LogP contribution in [0.15, 0.2) is 12.4 Å². The fourth-order valence-corrected chi connectivity index (χ4v) is 0.834. The number of alkyl halides is 3. The van der Waals surface area contributed by atoms with Gasteiger partial charge in [0, 0.05) is 0 Å². The highest BCUT2D eigenvalue weighted by atomic mass is 19.4. The Kier molecular flexibility index (Phi) is 3.17. The SMILES string of the molecule is O=C(O)COc1cnn(CC(F)(F)F)c1. The van der Waals surface area contributed by atoms with Crippen molar-refractivity contribution in [1.82, 2.24) is 9.78 Å². The van der Waals surface area contributed by atoms with Gasteiger partial charge in [-0.15, -0.1) is 0 Å². The molecule has 8 heteroatoms. The summed E-state index contributed by atoms with van der Waals surface area (Å²) in [4.78, 5) is 10.1. The van der Waals surface area contributed by atoms with Crippen molar-refractivity contribution < 1.29 is 27.8 Å². The monoisotopic (exact) mass is 224 g/mol. The second-order valence-electron chi connectivity index (χ2n) is 2.67. The van der Waals surface area contributed by atoms with Gasteiger partial charge in [-0.3, -0.25) is 4.68 Å². The molecule has 0 amide bonds. The van der Waals surface area contributed by atoms with Crippen LogP contribution >= 0.6 is 0 Å². The van der Waals surface area contributed by atoms with Crippen LogP contribution in [0.1, 0.15) is 0 Å². The molecule has 0 aliphatic rings. The van der Waals surface area contributed by atoms with Crippen LogP contribution in [-0.4, -0.2) is 33.6 Å². The average Bonchev–Trinajstić information content (AvgIpc) is 2.45. The van der Waals surface area contributed by atoms with Crippen molar-refractivity contribution in [1.29, 1.82) is 0 Å². The summed E-state index contributed by atoms with van der Waals surface area (Å²) in [5.74, 6) is -1.22. The smallest absolute Gasteiger partial charge is 0.408 e. The van der Waals surface area contributed by atoms with Crippen molar-refractivity contribution in [2.75, 3.05) is 6.61 Å². The number of nitrogens with zero attached hydrogens (tertiary/aromatic N) is 2. The van der Waals surface area contributed by atoms with E-state index in [0.29, 0.717) is 4.68 Å². The molecule has 0 radical (unpaired) electrons. The average molecular weight is 224 g/mol. The van der Waals surface area contributed by atoms with Crippen molar-refractivity contribution >= 4 is 5.97 Å². The summed E-state index contributed by atoms with van der Waals surface area (Å²) in [6.45, 7) is -1.85. The molecule has 1 aromatic rings. The zero-order chi connectivity index (χ0) is 11.5. The second kappa shape index (κ2) is 4.20. The Labute approximate surface area is 82.1 Å². The Balaban J connectivity index is 2.53. The van der Waals surface area contributed by atoms with Crippen LogP contribution in [0.3, 0.4) is 0 Å². The first kappa shape index (κ1) is 11.3. The van der Waals surface area contributed by atoms with E-state index in [-0.39, 0.29) is 5.75 Å². The largest absolute Gasteiger partial charge is 0.479 e. The molecule has 0 bridgehead atoms. The molecule has 1 rings (SSSR count). The number of rotatable bonds is 4. The van der Waals surface area contributed by atoms with Gasteiger partial charge in [-0.1, -0.05) is 0 Å². The van der Waals surface area contributed by atoms with Crippen LogP contribution in [0, 0.1) is 0 Å². The molecule has 84 valence electrons. The van der Waals surface area contributed by atoms with E-state index in [4.69, 9.17) is 5.11 Å². The maximum Gasteiger partial charge on any atom is 0.408 e. The summed E-state index contributed by atoms with van der Waals surface area (Å²) in [5, 5.41) is 11.6. The van der Waals surface area contributed by atoms with Gasteiger partial charge in [-0.25, -0.2) is 4.79 Å². The summed E-state index contributed by atoms with van der Waals surface area (Å²) in [6.07, 6.45) is -2.36. The van der Waals surface area contributed by atoms with Gasteiger partial charge in [-0.05, 0) is 0 Å². The Morgan fingerprint density at radius 1 is 1.60 bits per heavy atom. The van der Waals surface area contributed by atoms with Crippen molar-refractivity contribution in [3.05, 3.63) is 12.4 Å². The predicted molar refractivity (Wildman–Crippen MR) is 41.4 cm³/mol. The number of ether oxygens (including phenoxy) is 1. The van der Waals surface area contributed by atoms with Crippen LogP contribution in [-0.2, 0) is 11.3 Å². The summed E-state index contributed by atoms with van der Waals surface area (Å²) < 4.78 is 40.8. The molecule has 1 aromatic heterocycles. The van der Waals surface area contributed by atoms with E-state index >= 15 is 0 Å². The number of carbonyl (C=O) groups is 1. The van der Waals surface area contributed by atoms with Crippen LogP contribution in [0.2, 0.25) is 0 Å². The third-order valence-corrected chi connectivity index (χ3v) is 1.31. The molecule has 0 atom stereocenters. The van der Waals surface area contributed by atoms with Crippen LogP contribution in [0.4, 0.5) is 13.2 Å². The van der Waals surface area contributed by atoms with Gasteiger partial charge in [0.15, 0.2) is 12.4 Å². The number of aromatic nitrogens is 2. The minimum Gasteiger partial charge on any atom is -0.479 e. The molecule has 0 saturated heterocycles. The second-order valence-corrected chi connectivity index (χ2v) is 2.67. The van der Waals surface area contributed by atoms with E-state index < -0.39 is 25.3 Å². The Hall–Kier alpha value is -1.73. The summed E-state index contributed by atoms with van der Waals surface area (Å²) in [7, 11) is 0. The molecule has 15 heavy (non-hydrogen) atoms. The minimum atomic E-state index is -4.36. The fraction of sp³-hybridized carbons (Fsp3) is 0.429. The third kappa shape index (κ3) is 4.34. The molecule has 0 spiro atoms. The normalized spacial score (nSPS) is 11.4. The molecule has 0 fully saturated rings. The first-order valence-electron chi connectivity index (χ1n) is 3.80. The number of hydrogen-bond donors (Lipinski definition) is 1. The van der Waals surface area contributed by atoms with Gasteiger partial charge in [-0.2, -0.15) is 18.3 Å². The number of aliphatic carboxylic acids is 1. The Morgan fingerprint density at radius 2 is 2.27 bits per heavy atom. The molecular formula is C7H7F3N2O3. The van der Waals surface area contributed by atoms with Crippen molar-refractivity contribution in [3.63, 3.8) is 0 Å². The summed E-state index contributed by atoms with van der Waals surface area (Å²) in [6, 6.07) is 0. The molecule has 0 aliphatic carbocycles. The lowest BCUT2D eigenvalue weighted by Crippen LogP contribution is -2.17. The fourth-order valence-electron chi connectivity index (χ4n) is 0.834. The molecule has 5 nitrogen and oxygen atoms in total. The molecule has 0 aromatic carbocycles. The van der Waals surface area contributed by atoms with Crippen molar-refractivity contribution in [3.8, 4) is 5.75 Å². The van der Waals surface area contributed by atoms with Crippen LogP contribution in [0.5, 0.6) is 5.75 Å². The van der Waals surface area contributed by atoms with Gasteiger partial charge in [0.25, 0.3) is 0 Å². The topological polar surface area (TPSA) is 64.3 Å². The standard InChI is InChI=1S/C7H7F3N2O3/c8-7(9,10)4-12-2-5(1-11-12)15-3-6(13)14/h1-2H,3-4H2,(H,13,14). The number of carboxylic acid groups (broad SMARTS) is 1. The van der Waals surface area contributed by atoms with Crippen molar-refractivity contribution in [2.24, 2.45) is 0 Å². The Bertz CT molecular complexity index is 347. The number of halogens is 3. The minimum absolute atomic E-state index is 0.0124. The zero-order valence-corrected chi connectivity index (χ0v) is 7.36. The van der Waals surface area contributed by atoms with E-state index in [0.717, 1.165) is 12.4 Å². The van der Waals surface area contributed by atoms with Crippen LogP contribution in [0.25, 0.3) is 0 Å². The molecule has 1 N–H and O–H groups in total. The number of carboxylic acids is 1. The maximum atomic E-state index is 11.9. The van der Waals surface area contributed by atoms with E-state index in [9.17, 15) is 18.0 Å². The summed E-state index contributed by atoms with van der Waals surface area (Å²) >= 11 is 0. The van der Waals surface area contributed by atoms with E-state index in [1.54, 1.807) is 0 Å². The van der Waals surface area contributed by atoms with E-state index in [1.165, 1.54) is 0 Å². The van der Waals surface area contributed by atoms with Crippen LogP contribution < -0.4 is 4.74 Å². The molecule has 0 unspecified atom stereocenters. The number of hydrogen-bond acceptors (Lipinski definition) is 3. The quantitative estimate of drug-likeness (QED) is 0.825. The lowest BCUT2D eigenvalue weighted by atomic mass is 10.6. The van der Waals surface area contributed by atoms with Gasteiger partial charge in [0.2, 0.25) is 0 Å². The van der Waals surface area contributed by atoms with Crippen molar-refractivity contribution in [2.45, 2.75) is 12.7 Å². The molecule has 0 saturated carbocycles. The predicted octanol–water partition coefficient (Wildman–Crippen LogP) is 0.909. The first-order chi connectivity index (χ1) is 6.87. The van der Waals surface area contributed by atoms with Gasteiger partial charge < -0.3 is 9.84 Å². The zero-order valence-electron chi connectivity index (χ0n) is 7.36. The van der Waals surface area contributed by atoms with Gasteiger partial charge in [0.05, 0.1) is 12.4 Å². The molecular weight excluding hydrogens is 217 g/mol. The lowest BCUT2D eigenvalue weighted by molar-refractivity contribution is -0.143. The van der Waals surface area contributed by atoms with Gasteiger partial charge in [0.1, 0.15) is 6.54 Å². The highest BCUT2D eigenvalue weighted by Gasteiger charge is 2.28. The Morgan fingerprint density at radius 3 is 2.80 bits per heavy atom. The highest BCUT2D eigenvalue weighted by Crippen LogP contribution is 2.18. The summed E-state index contributed by atoms with van der Waals surface area (Å²) in [5.41, 5.74) is 0. The van der Waals surface area contributed by atoms with Gasteiger partial charge >= 0.3 is 12.1 Å². The molecule has 1 heterocycles. The maximum absolute atomic E-state index is 11.9. The first-order valence-corrected chi connectivity index (χ1v) is 3.80.